The van der Waals surface area contributed by atoms with Crippen molar-refractivity contribution in [3.05, 3.63) is 0 Å². The van der Waals surface area contributed by atoms with Gasteiger partial charge in [0, 0.05) is 37.8 Å². The van der Waals surface area contributed by atoms with E-state index >= 15 is 0 Å². The Morgan fingerprint density at radius 2 is 2.06 bits per heavy atom. The van der Waals surface area contributed by atoms with E-state index in [2.05, 4.69) is 24.1 Å². The number of nitrogens with zero attached hydrogens (tertiary/aromatic N) is 1. The second-order valence-electron chi connectivity index (χ2n) is 6.23. The number of hydrogen-bond donors (Lipinski definition) is 1. The van der Waals surface area contributed by atoms with Crippen molar-refractivity contribution in [3.63, 3.8) is 0 Å². The minimum atomic E-state index is 0.419. The van der Waals surface area contributed by atoms with Gasteiger partial charge in [-0.1, -0.05) is 26.2 Å². The summed E-state index contributed by atoms with van der Waals surface area (Å²) in [4.78, 5) is 2.76. The van der Waals surface area contributed by atoms with Crippen molar-refractivity contribution in [1.82, 2.24) is 10.2 Å². The Morgan fingerprint density at radius 3 is 2.67 bits per heavy atom. The standard InChI is InChI=1S/C15H30N2O/c1-4-14-10-17(13(2)11-18-3)15(12-16-14)8-6-5-7-9-15/h13-14,16H,4-12H2,1-3H3. The quantitative estimate of drug-likeness (QED) is 0.834. The molecule has 0 aromatic heterocycles. The lowest BCUT2D eigenvalue weighted by atomic mass is 9.77. The highest BCUT2D eigenvalue weighted by Gasteiger charge is 2.43. The summed E-state index contributed by atoms with van der Waals surface area (Å²) in [5.41, 5.74) is 0.419. The van der Waals surface area contributed by atoms with Crippen LogP contribution in [0.2, 0.25) is 0 Å². The van der Waals surface area contributed by atoms with Crippen LogP contribution in [-0.4, -0.2) is 49.3 Å². The molecule has 0 aromatic carbocycles. The number of hydrogen-bond acceptors (Lipinski definition) is 3. The molecule has 1 saturated carbocycles. The van der Waals surface area contributed by atoms with Crippen LogP contribution in [0.25, 0.3) is 0 Å². The lowest BCUT2D eigenvalue weighted by molar-refractivity contribution is -0.0386. The fraction of sp³-hybridized carbons (Fsp3) is 1.00. The predicted octanol–water partition coefficient (Wildman–Crippen LogP) is 2.41. The van der Waals surface area contributed by atoms with Crippen molar-refractivity contribution in [2.75, 3.05) is 26.8 Å². The van der Waals surface area contributed by atoms with E-state index in [1.807, 2.05) is 7.11 Å². The lowest BCUT2D eigenvalue weighted by Gasteiger charge is -2.54. The molecule has 2 atom stereocenters. The van der Waals surface area contributed by atoms with E-state index < -0.39 is 0 Å². The van der Waals surface area contributed by atoms with Crippen LogP contribution in [0.15, 0.2) is 0 Å². The van der Waals surface area contributed by atoms with Gasteiger partial charge in [-0.2, -0.15) is 0 Å². The normalized spacial score (nSPS) is 30.5. The Bertz CT molecular complexity index is 251. The van der Waals surface area contributed by atoms with Gasteiger partial charge in [0.25, 0.3) is 0 Å². The van der Waals surface area contributed by atoms with Gasteiger partial charge >= 0.3 is 0 Å². The number of piperazine rings is 1. The largest absolute Gasteiger partial charge is 0.383 e. The smallest absolute Gasteiger partial charge is 0.0615 e. The second kappa shape index (κ2) is 6.36. The van der Waals surface area contributed by atoms with E-state index in [9.17, 15) is 0 Å². The van der Waals surface area contributed by atoms with Gasteiger partial charge in [-0.3, -0.25) is 4.90 Å². The molecule has 2 aliphatic rings. The first kappa shape index (κ1) is 14.3. The summed E-state index contributed by atoms with van der Waals surface area (Å²) < 4.78 is 5.40. The Morgan fingerprint density at radius 1 is 1.33 bits per heavy atom. The number of rotatable bonds is 4. The molecule has 1 N–H and O–H groups in total. The fourth-order valence-corrected chi connectivity index (χ4v) is 3.86. The van der Waals surface area contributed by atoms with E-state index in [-0.39, 0.29) is 0 Å². The molecule has 2 unspecified atom stereocenters. The highest BCUT2D eigenvalue weighted by molar-refractivity contribution is 5.01. The highest BCUT2D eigenvalue weighted by Crippen LogP contribution is 2.36. The molecule has 0 aromatic rings. The van der Waals surface area contributed by atoms with Crippen molar-refractivity contribution in [2.24, 2.45) is 0 Å². The molecule has 0 radical (unpaired) electrons. The lowest BCUT2D eigenvalue weighted by Crippen LogP contribution is -2.67. The molecule has 1 spiro atoms. The summed E-state index contributed by atoms with van der Waals surface area (Å²) in [5.74, 6) is 0. The van der Waals surface area contributed by atoms with Crippen LogP contribution in [0.1, 0.15) is 52.4 Å². The maximum absolute atomic E-state index is 5.40. The number of nitrogens with one attached hydrogen (secondary N) is 1. The molecular formula is C15H30N2O. The predicted molar refractivity (Wildman–Crippen MR) is 75.9 cm³/mol. The van der Waals surface area contributed by atoms with Crippen molar-refractivity contribution in [1.29, 1.82) is 0 Å². The number of ether oxygens (including phenoxy) is 1. The molecule has 3 nitrogen and oxygen atoms in total. The third-order valence-corrected chi connectivity index (χ3v) is 4.96. The molecule has 106 valence electrons. The zero-order chi connectivity index (χ0) is 13.0. The molecule has 2 fully saturated rings. The Kier molecular flexibility index (Phi) is 5.05. The minimum Gasteiger partial charge on any atom is -0.383 e. The van der Waals surface area contributed by atoms with Crippen LogP contribution in [0.3, 0.4) is 0 Å². The SMILES string of the molecule is CCC1CN(C(C)COC)C2(CCCCC2)CN1. The third kappa shape index (κ3) is 2.89. The van der Waals surface area contributed by atoms with Gasteiger partial charge in [0.1, 0.15) is 0 Å². The molecule has 2 rings (SSSR count). The monoisotopic (exact) mass is 254 g/mol. The van der Waals surface area contributed by atoms with Crippen LogP contribution in [0.5, 0.6) is 0 Å². The summed E-state index contributed by atoms with van der Waals surface area (Å²) in [6.07, 6.45) is 8.18. The molecular weight excluding hydrogens is 224 g/mol. The van der Waals surface area contributed by atoms with Gasteiger partial charge in [-0.15, -0.1) is 0 Å². The first-order valence-corrected chi connectivity index (χ1v) is 7.71. The van der Waals surface area contributed by atoms with E-state index in [1.165, 1.54) is 51.6 Å². The summed E-state index contributed by atoms with van der Waals surface area (Å²) in [6.45, 7) is 7.85. The summed E-state index contributed by atoms with van der Waals surface area (Å²) in [5, 5.41) is 3.77. The molecule has 3 heteroatoms. The second-order valence-corrected chi connectivity index (χ2v) is 6.23. The zero-order valence-corrected chi connectivity index (χ0v) is 12.4. The van der Waals surface area contributed by atoms with E-state index in [1.54, 1.807) is 0 Å². The third-order valence-electron chi connectivity index (χ3n) is 4.96. The average molecular weight is 254 g/mol. The number of methoxy groups -OCH3 is 1. The molecule has 1 aliphatic carbocycles. The van der Waals surface area contributed by atoms with Crippen LogP contribution in [0.4, 0.5) is 0 Å². The first-order chi connectivity index (χ1) is 8.72. The van der Waals surface area contributed by atoms with Gasteiger partial charge in [0.15, 0.2) is 0 Å². The van der Waals surface area contributed by atoms with Crippen molar-refractivity contribution in [2.45, 2.75) is 70.0 Å². The highest BCUT2D eigenvalue weighted by atomic mass is 16.5. The molecule has 1 heterocycles. The summed E-state index contributed by atoms with van der Waals surface area (Å²) in [7, 11) is 1.82. The first-order valence-electron chi connectivity index (χ1n) is 7.71. The van der Waals surface area contributed by atoms with Crippen molar-refractivity contribution in [3.8, 4) is 0 Å². The Hall–Kier alpha value is -0.120. The molecule has 1 saturated heterocycles. The van der Waals surface area contributed by atoms with Crippen LogP contribution >= 0.6 is 0 Å². The molecule has 1 aliphatic heterocycles. The zero-order valence-electron chi connectivity index (χ0n) is 12.4. The average Bonchev–Trinajstić information content (AvgIpc) is 2.40. The minimum absolute atomic E-state index is 0.419. The van der Waals surface area contributed by atoms with Gasteiger partial charge in [-0.25, -0.2) is 0 Å². The van der Waals surface area contributed by atoms with E-state index in [0.717, 1.165) is 6.61 Å². The van der Waals surface area contributed by atoms with Gasteiger partial charge in [0.05, 0.1) is 6.61 Å². The Labute approximate surface area is 112 Å². The van der Waals surface area contributed by atoms with E-state index in [4.69, 9.17) is 4.74 Å². The maximum Gasteiger partial charge on any atom is 0.0615 e. The topological polar surface area (TPSA) is 24.5 Å². The van der Waals surface area contributed by atoms with Crippen LogP contribution < -0.4 is 5.32 Å². The molecule has 0 amide bonds. The van der Waals surface area contributed by atoms with Crippen LogP contribution in [0, 0.1) is 0 Å². The Balaban J connectivity index is 2.10. The van der Waals surface area contributed by atoms with Crippen molar-refractivity contribution < 1.29 is 4.74 Å². The summed E-state index contributed by atoms with van der Waals surface area (Å²) >= 11 is 0. The summed E-state index contributed by atoms with van der Waals surface area (Å²) in [6, 6.07) is 1.21. The van der Waals surface area contributed by atoms with Gasteiger partial charge in [0.2, 0.25) is 0 Å². The molecule has 18 heavy (non-hydrogen) atoms. The van der Waals surface area contributed by atoms with Gasteiger partial charge < -0.3 is 10.1 Å². The van der Waals surface area contributed by atoms with Gasteiger partial charge in [-0.05, 0) is 26.2 Å². The fourth-order valence-electron chi connectivity index (χ4n) is 3.86. The molecule has 0 bridgehead atoms. The van der Waals surface area contributed by atoms with Crippen LogP contribution in [-0.2, 0) is 4.74 Å². The van der Waals surface area contributed by atoms with Crippen molar-refractivity contribution >= 4 is 0 Å². The maximum atomic E-state index is 5.40. The van der Waals surface area contributed by atoms with E-state index in [0.29, 0.717) is 17.6 Å².